The average Bonchev–Trinajstić information content (AvgIpc) is 2.48. The molecule has 1 aromatic rings. The normalized spacial score (nSPS) is 16.1. The van der Waals surface area contributed by atoms with E-state index < -0.39 is 6.09 Å². The number of pyridine rings is 1. The number of rotatable bonds is 5. The average molecular weight is 278 g/mol. The summed E-state index contributed by atoms with van der Waals surface area (Å²) in [5.74, 6) is 1.03. The standard InChI is InChI=1S/C15H22N2O3/c18-11-13-7-4-8-14(16-13)17(15(19)20)10-9-12-5-2-1-3-6-12/h4,7-8,12,18H,1-3,5-6,9-11H2,(H,19,20). The zero-order chi connectivity index (χ0) is 14.4. The fourth-order valence-electron chi connectivity index (χ4n) is 2.80. The number of hydrogen-bond acceptors (Lipinski definition) is 3. The first-order chi connectivity index (χ1) is 9.70. The van der Waals surface area contributed by atoms with E-state index in [1.165, 1.54) is 37.0 Å². The Hall–Kier alpha value is -1.62. The van der Waals surface area contributed by atoms with Crippen molar-refractivity contribution in [3.8, 4) is 0 Å². The van der Waals surface area contributed by atoms with Gasteiger partial charge in [0.15, 0.2) is 0 Å². The molecule has 0 spiro atoms. The van der Waals surface area contributed by atoms with Crippen LogP contribution in [-0.2, 0) is 6.61 Å². The highest BCUT2D eigenvalue weighted by molar-refractivity contribution is 5.84. The van der Waals surface area contributed by atoms with Crippen molar-refractivity contribution in [3.05, 3.63) is 23.9 Å². The number of amides is 1. The molecule has 1 heterocycles. The van der Waals surface area contributed by atoms with E-state index in [1.54, 1.807) is 18.2 Å². The Labute approximate surface area is 119 Å². The minimum absolute atomic E-state index is 0.177. The third kappa shape index (κ3) is 3.93. The fraction of sp³-hybridized carbons (Fsp3) is 0.600. The first-order valence-electron chi connectivity index (χ1n) is 7.28. The van der Waals surface area contributed by atoms with Crippen LogP contribution in [0.25, 0.3) is 0 Å². The summed E-state index contributed by atoms with van der Waals surface area (Å²) in [7, 11) is 0. The van der Waals surface area contributed by atoms with Crippen molar-refractivity contribution in [2.24, 2.45) is 5.92 Å². The highest BCUT2D eigenvalue weighted by atomic mass is 16.4. The van der Waals surface area contributed by atoms with Gasteiger partial charge in [0.1, 0.15) is 5.82 Å². The van der Waals surface area contributed by atoms with Crippen LogP contribution in [0.3, 0.4) is 0 Å². The van der Waals surface area contributed by atoms with Crippen LogP contribution < -0.4 is 4.90 Å². The van der Waals surface area contributed by atoms with Crippen LogP contribution in [0.4, 0.5) is 10.6 Å². The topological polar surface area (TPSA) is 73.7 Å². The molecule has 5 heteroatoms. The predicted molar refractivity (Wildman–Crippen MR) is 76.7 cm³/mol. The molecule has 1 aliphatic rings. The number of nitrogens with zero attached hydrogens (tertiary/aromatic N) is 2. The lowest BCUT2D eigenvalue weighted by Gasteiger charge is -2.25. The van der Waals surface area contributed by atoms with Crippen LogP contribution >= 0.6 is 0 Å². The lowest BCUT2D eigenvalue weighted by atomic mass is 9.87. The predicted octanol–water partition coefficient (Wildman–Crippen LogP) is 3.03. The van der Waals surface area contributed by atoms with Gasteiger partial charge in [0, 0.05) is 6.54 Å². The summed E-state index contributed by atoms with van der Waals surface area (Å²) in [4.78, 5) is 16.9. The van der Waals surface area contributed by atoms with Crippen LogP contribution in [0.15, 0.2) is 18.2 Å². The quantitative estimate of drug-likeness (QED) is 0.868. The molecule has 0 aromatic carbocycles. The molecule has 5 nitrogen and oxygen atoms in total. The van der Waals surface area contributed by atoms with Gasteiger partial charge in [-0.1, -0.05) is 38.2 Å². The highest BCUT2D eigenvalue weighted by Gasteiger charge is 2.19. The third-order valence-electron chi connectivity index (χ3n) is 3.95. The Kier molecular flexibility index (Phi) is 5.35. The smallest absolute Gasteiger partial charge is 0.413 e. The molecular weight excluding hydrogens is 256 g/mol. The van der Waals surface area contributed by atoms with Crippen molar-refractivity contribution in [1.29, 1.82) is 0 Å². The monoisotopic (exact) mass is 278 g/mol. The molecule has 0 saturated heterocycles. The summed E-state index contributed by atoms with van der Waals surface area (Å²) in [6.07, 6.45) is 6.14. The molecule has 0 atom stereocenters. The van der Waals surface area contributed by atoms with Gasteiger partial charge in [0.05, 0.1) is 12.3 Å². The van der Waals surface area contributed by atoms with E-state index in [4.69, 9.17) is 5.11 Å². The van der Waals surface area contributed by atoms with Gasteiger partial charge in [-0.25, -0.2) is 9.78 Å². The van der Waals surface area contributed by atoms with Crippen LogP contribution in [0, 0.1) is 5.92 Å². The molecule has 1 amide bonds. The van der Waals surface area contributed by atoms with E-state index in [1.807, 2.05) is 0 Å². The Balaban J connectivity index is 2.00. The molecule has 0 unspecified atom stereocenters. The van der Waals surface area contributed by atoms with Gasteiger partial charge in [0.2, 0.25) is 0 Å². The van der Waals surface area contributed by atoms with Crippen molar-refractivity contribution in [2.45, 2.75) is 45.1 Å². The molecule has 0 aliphatic heterocycles. The zero-order valence-corrected chi connectivity index (χ0v) is 11.7. The summed E-state index contributed by atoms with van der Waals surface area (Å²) in [6, 6.07) is 5.09. The van der Waals surface area contributed by atoms with Gasteiger partial charge in [-0.15, -0.1) is 0 Å². The molecule has 2 N–H and O–H groups in total. The molecule has 1 aliphatic carbocycles. The van der Waals surface area contributed by atoms with Crippen molar-refractivity contribution in [3.63, 3.8) is 0 Å². The summed E-state index contributed by atoms with van der Waals surface area (Å²) < 4.78 is 0. The molecule has 0 bridgehead atoms. The number of aliphatic hydroxyl groups excluding tert-OH is 1. The van der Waals surface area contributed by atoms with Gasteiger partial charge >= 0.3 is 6.09 Å². The number of aromatic nitrogens is 1. The minimum atomic E-state index is -0.983. The van der Waals surface area contributed by atoms with Crippen LogP contribution in [-0.4, -0.2) is 27.8 Å². The van der Waals surface area contributed by atoms with E-state index in [2.05, 4.69) is 4.98 Å². The molecule has 1 aromatic heterocycles. The zero-order valence-electron chi connectivity index (χ0n) is 11.7. The van der Waals surface area contributed by atoms with Gasteiger partial charge < -0.3 is 10.2 Å². The van der Waals surface area contributed by atoms with E-state index in [0.29, 0.717) is 24.0 Å². The summed E-state index contributed by atoms with van der Waals surface area (Å²) in [5.41, 5.74) is 0.492. The van der Waals surface area contributed by atoms with Crippen molar-refractivity contribution in [1.82, 2.24) is 4.98 Å². The maximum atomic E-state index is 11.4. The number of aliphatic hydroxyl groups is 1. The Morgan fingerprint density at radius 1 is 1.30 bits per heavy atom. The Morgan fingerprint density at radius 2 is 2.05 bits per heavy atom. The fourth-order valence-corrected chi connectivity index (χ4v) is 2.80. The van der Waals surface area contributed by atoms with Gasteiger partial charge in [-0.2, -0.15) is 0 Å². The van der Waals surface area contributed by atoms with E-state index >= 15 is 0 Å². The van der Waals surface area contributed by atoms with Gasteiger partial charge in [-0.3, -0.25) is 4.90 Å². The van der Waals surface area contributed by atoms with Crippen molar-refractivity contribution in [2.75, 3.05) is 11.4 Å². The largest absolute Gasteiger partial charge is 0.465 e. The molecule has 1 fully saturated rings. The Bertz CT molecular complexity index is 444. The summed E-state index contributed by atoms with van der Waals surface area (Å²) >= 11 is 0. The minimum Gasteiger partial charge on any atom is -0.465 e. The molecule has 1 saturated carbocycles. The lowest BCUT2D eigenvalue weighted by Crippen LogP contribution is -2.32. The van der Waals surface area contributed by atoms with Crippen LogP contribution in [0.5, 0.6) is 0 Å². The van der Waals surface area contributed by atoms with Crippen molar-refractivity contribution >= 4 is 11.9 Å². The molecular formula is C15H22N2O3. The van der Waals surface area contributed by atoms with Crippen LogP contribution in [0.2, 0.25) is 0 Å². The molecule has 0 radical (unpaired) electrons. The SMILES string of the molecule is O=C(O)N(CCC1CCCCC1)c1cccc(CO)n1. The number of hydrogen-bond donors (Lipinski definition) is 2. The Morgan fingerprint density at radius 3 is 2.70 bits per heavy atom. The first-order valence-corrected chi connectivity index (χ1v) is 7.28. The van der Waals surface area contributed by atoms with E-state index in [-0.39, 0.29) is 6.61 Å². The maximum Gasteiger partial charge on any atom is 0.413 e. The van der Waals surface area contributed by atoms with E-state index in [9.17, 15) is 9.90 Å². The molecule has 110 valence electrons. The highest BCUT2D eigenvalue weighted by Crippen LogP contribution is 2.27. The van der Waals surface area contributed by atoms with E-state index in [0.717, 1.165) is 6.42 Å². The number of carboxylic acid groups (broad SMARTS) is 1. The van der Waals surface area contributed by atoms with Gasteiger partial charge in [-0.05, 0) is 24.5 Å². The maximum absolute atomic E-state index is 11.4. The third-order valence-corrected chi connectivity index (χ3v) is 3.95. The molecule has 2 rings (SSSR count). The summed E-state index contributed by atoms with van der Waals surface area (Å²) in [5, 5.41) is 18.4. The van der Waals surface area contributed by atoms with Gasteiger partial charge in [0.25, 0.3) is 0 Å². The van der Waals surface area contributed by atoms with Crippen LogP contribution in [0.1, 0.15) is 44.2 Å². The number of anilines is 1. The van der Waals surface area contributed by atoms with Crippen molar-refractivity contribution < 1.29 is 15.0 Å². The second kappa shape index (κ2) is 7.24. The number of carbonyl (C=O) groups is 1. The lowest BCUT2D eigenvalue weighted by molar-refractivity contribution is 0.200. The second-order valence-electron chi connectivity index (χ2n) is 5.37. The summed E-state index contributed by atoms with van der Waals surface area (Å²) in [6.45, 7) is 0.297. The second-order valence-corrected chi connectivity index (χ2v) is 5.37. The molecule has 20 heavy (non-hydrogen) atoms. The first kappa shape index (κ1) is 14.8.